The summed E-state index contributed by atoms with van der Waals surface area (Å²) < 4.78 is 0. The molecular weight excluding hydrogens is 182 g/mol. The quantitative estimate of drug-likeness (QED) is 0.693. The van der Waals surface area contributed by atoms with Crippen molar-refractivity contribution in [3.05, 3.63) is 24.3 Å². The van der Waals surface area contributed by atoms with Crippen LogP contribution >= 0.6 is 0 Å². The van der Waals surface area contributed by atoms with Gasteiger partial charge in [-0.3, -0.25) is 4.79 Å². The molecule has 5 nitrogen and oxygen atoms in total. The maximum atomic E-state index is 11.6. The third kappa shape index (κ3) is 1.72. The number of aliphatic hydroxyl groups is 1. The number of hydrogen-bond donors (Lipinski definition) is 2. The fourth-order valence-corrected chi connectivity index (χ4v) is 1.20. The molecule has 1 saturated carbocycles. The van der Waals surface area contributed by atoms with Crippen LogP contribution in [0.4, 0.5) is 0 Å². The Morgan fingerprint density at radius 1 is 1.50 bits per heavy atom. The van der Waals surface area contributed by atoms with E-state index in [1.807, 2.05) is 0 Å². The van der Waals surface area contributed by atoms with Gasteiger partial charge in [0.2, 0.25) is 0 Å². The van der Waals surface area contributed by atoms with E-state index in [1.165, 1.54) is 18.7 Å². The summed E-state index contributed by atoms with van der Waals surface area (Å²) in [5.74, 6) is -0.225. The molecule has 1 aromatic rings. The predicted molar refractivity (Wildman–Crippen MR) is 48.5 cm³/mol. The molecule has 2 N–H and O–H groups in total. The first kappa shape index (κ1) is 9.08. The molecule has 0 spiro atoms. The molecule has 5 heteroatoms. The lowest BCUT2D eigenvalue weighted by Crippen LogP contribution is -2.39. The molecule has 14 heavy (non-hydrogen) atoms. The van der Waals surface area contributed by atoms with Crippen molar-refractivity contribution in [2.45, 2.75) is 18.4 Å². The summed E-state index contributed by atoms with van der Waals surface area (Å²) in [4.78, 5) is 19.1. The first-order valence-electron chi connectivity index (χ1n) is 4.44. The molecule has 74 valence electrons. The Morgan fingerprint density at radius 2 is 2.14 bits per heavy atom. The number of nitrogens with one attached hydrogen (secondary N) is 1. The maximum Gasteiger partial charge on any atom is 0.254 e. The molecule has 1 aromatic heterocycles. The number of carbonyl (C=O) groups excluding carboxylic acids is 1. The standard InChI is InChI=1S/C9H11N3O2/c13-5-9(1-2-9)12-8(14)7-3-10-6-11-4-7/h3-4,6,13H,1-2,5H2,(H,12,14). The molecule has 0 atom stereocenters. The summed E-state index contributed by atoms with van der Waals surface area (Å²) in [6, 6.07) is 0. The van der Waals surface area contributed by atoms with Gasteiger partial charge in [-0.15, -0.1) is 0 Å². The van der Waals surface area contributed by atoms with E-state index in [0.717, 1.165) is 12.8 Å². The van der Waals surface area contributed by atoms with Gasteiger partial charge in [0.25, 0.3) is 5.91 Å². The monoisotopic (exact) mass is 193 g/mol. The van der Waals surface area contributed by atoms with Gasteiger partial charge in [-0.25, -0.2) is 9.97 Å². The second-order valence-electron chi connectivity index (χ2n) is 3.52. The Morgan fingerprint density at radius 3 is 2.64 bits per heavy atom. The van der Waals surface area contributed by atoms with Crippen molar-refractivity contribution >= 4 is 5.91 Å². The number of hydrogen-bond acceptors (Lipinski definition) is 4. The van der Waals surface area contributed by atoms with E-state index in [9.17, 15) is 4.79 Å². The highest BCUT2D eigenvalue weighted by Gasteiger charge is 2.43. The Kier molecular flexibility index (Phi) is 2.17. The number of carbonyl (C=O) groups is 1. The number of rotatable bonds is 3. The van der Waals surface area contributed by atoms with E-state index >= 15 is 0 Å². The van der Waals surface area contributed by atoms with E-state index in [0.29, 0.717) is 5.56 Å². The van der Waals surface area contributed by atoms with Crippen molar-refractivity contribution < 1.29 is 9.90 Å². The molecule has 0 aliphatic heterocycles. The van der Waals surface area contributed by atoms with Gasteiger partial charge in [0.05, 0.1) is 17.7 Å². The number of aromatic nitrogens is 2. The third-order valence-electron chi connectivity index (χ3n) is 2.36. The van der Waals surface area contributed by atoms with E-state index in [4.69, 9.17) is 5.11 Å². The summed E-state index contributed by atoms with van der Waals surface area (Å²) in [7, 11) is 0. The van der Waals surface area contributed by atoms with Crippen molar-refractivity contribution in [1.82, 2.24) is 15.3 Å². The molecule has 1 aliphatic carbocycles. The van der Waals surface area contributed by atoms with Crippen LogP contribution in [0, 0.1) is 0 Å². The van der Waals surface area contributed by atoms with E-state index in [-0.39, 0.29) is 18.1 Å². The highest BCUT2D eigenvalue weighted by molar-refractivity contribution is 5.94. The minimum atomic E-state index is -0.382. The highest BCUT2D eigenvalue weighted by Crippen LogP contribution is 2.34. The minimum absolute atomic E-state index is 0.00751. The average molecular weight is 193 g/mol. The summed E-state index contributed by atoms with van der Waals surface area (Å²) in [5.41, 5.74) is 0.0413. The minimum Gasteiger partial charge on any atom is -0.394 e. The number of amides is 1. The van der Waals surface area contributed by atoms with Gasteiger partial charge in [-0.2, -0.15) is 0 Å². The van der Waals surface area contributed by atoms with Gasteiger partial charge in [-0.1, -0.05) is 0 Å². The van der Waals surface area contributed by atoms with Crippen molar-refractivity contribution in [2.24, 2.45) is 0 Å². The van der Waals surface area contributed by atoms with Crippen LogP contribution in [0.15, 0.2) is 18.7 Å². The van der Waals surface area contributed by atoms with E-state index < -0.39 is 0 Å². The summed E-state index contributed by atoms with van der Waals surface area (Å²) in [6.07, 6.45) is 5.95. The Hall–Kier alpha value is -1.49. The second kappa shape index (κ2) is 3.34. The second-order valence-corrected chi connectivity index (χ2v) is 3.52. The maximum absolute atomic E-state index is 11.6. The third-order valence-corrected chi connectivity index (χ3v) is 2.36. The van der Waals surface area contributed by atoms with Crippen molar-refractivity contribution in [3.8, 4) is 0 Å². The van der Waals surface area contributed by atoms with Gasteiger partial charge in [0, 0.05) is 12.4 Å². The van der Waals surface area contributed by atoms with E-state index in [2.05, 4.69) is 15.3 Å². The largest absolute Gasteiger partial charge is 0.394 e. The molecule has 1 aliphatic rings. The van der Waals surface area contributed by atoms with Crippen molar-refractivity contribution in [2.75, 3.05) is 6.61 Å². The molecule has 2 rings (SSSR count). The summed E-state index contributed by atoms with van der Waals surface area (Å²) in [5, 5.41) is 11.8. The summed E-state index contributed by atoms with van der Waals surface area (Å²) >= 11 is 0. The van der Waals surface area contributed by atoms with Crippen LogP contribution in [-0.2, 0) is 0 Å². The van der Waals surface area contributed by atoms with Gasteiger partial charge in [-0.05, 0) is 12.8 Å². The topological polar surface area (TPSA) is 75.1 Å². The summed E-state index contributed by atoms with van der Waals surface area (Å²) in [6.45, 7) is -0.00751. The SMILES string of the molecule is O=C(NC1(CO)CC1)c1cncnc1. The van der Waals surface area contributed by atoms with E-state index in [1.54, 1.807) is 0 Å². The van der Waals surface area contributed by atoms with Crippen molar-refractivity contribution in [3.63, 3.8) is 0 Å². The van der Waals surface area contributed by atoms with Crippen LogP contribution in [0.25, 0.3) is 0 Å². The van der Waals surface area contributed by atoms with Crippen LogP contribution in [0.5, 0.6) is 0 Å². The molecule has 0 aromatic carbocycles. The van der Waals surface area contributed by atoms with Crippen LogP contribution in [0.2, 0.25) is 0 Å². The zero-order chi connectivity index (χ0) is 10.0. The number of nitrogens with zero attached hydrogens (tertiary/aromatic N) is 2. The highest BCUT2D eigenvalue weighted by atomic mass is 16.3. The fourth-order valence-electron chi connectivity index (χ4n) is 1.20. The van der Waals surface area contributed by atoms with Crippen LogP contribution < -0.4 is 5.32 Å². The average Bonchev–Trinajstić information content (AvgIpc) is 3.00. The van der Waals surface area contributed by atoms with Gasteiger partial charge < -0.3 is 10.4 Å². The molecule has 0 saturated heterocycles. The Labute approximate surface area is 81.2 Å². The lowest BCUT2D eigenvalue weighted by molar-refractivity contribution is 0.0906. The molecule has 1 amide bonds. The van der Waals surface area contributed by atoms with Crippen LogP contribution in [0.3, 0.4) is 0 Å². The fraction of sp³-hybridized carbons (Fsp3) is 0.444. The smallest absolute Gasteiger partial charge is 0.254 e. The van der Waals surface area contributed by atoms with Gasteiger partial charge in [0.15, 0.2) is 0 Å². The van der Waals surface area contributed by atoms with Crippen molar-refractivity contribution in [1.29, 1.82) is 0 Å². The first-order chi connectivity index (χ1) is 6.76. The molecular formula is C9H11N3O2. The predicted octanol–water partition coefficient (Wildman–Crippen LogP) is -0.269. The molecule has 0 radical (unpaired) electrons. The zero-order valence-corrected chi connectivity index (χ0v) is 7.60. The first-order valence-corrected chi connectivity index (χ1v) is 4.44. The van der Waals surface area contributed by atoms with Crippen LogP contribution in [0.1, 0.15) is 23.2 Å². The lowest BCUT2D eigenvalue weighted by atomic mass is 10.2. The van der Waals surface area contributed by atoms with Gasteiger partial charge in [0.1, 0.15) is 6.33 Å². The zero-order valence-electron chi connectivity index (χ0n) is 7.60. The molecule has 0 bridgehead atoms. The molecule has 0 unspecified atom stereocenters. The van der Waals surface area contributed by atoms with Gasteiger partial charge >= 0.3 is 0 Å². The molecule has 1 heterocycles. The lowest BCUT2D eigenvalue weighted by Gasteiger charge is -2.13. The Bertz CT molecular complexity index is 335. The molecule has 1 fully saturated rings. The Balaban J connectivity index is 2.03. The normalized spacial score (nSPS) is 17.5. The number of aliphatic hydroxyl groups excluding tert-OH is 1. The van der Waals surface area contributed by atoms with Crippen LogP contribution in [-0.4, -0.2) is 33.1 Å².